The van der Waals surface area contributed by atoms with Crippen molar-refractivity contribution in [3.05, 3.63) is 57.9 Å². The van der Waals surface area contributed by atoms with E-state index in [0.717, 1.165) is 12.1 Å². The Hall–Kier alpha value is -3.84. The van der Waals surface area contributed by atoms with E-state index in [9.17, 15) is 33.1 Å². The summed E-state index contributed by atoms with van der Waals surface area (Å²) in [5.74, 6) is -1.58. The number of hydrogen-bond donors (Lipinski definition) is 1. The van der Waals surface area contributed by atoms with Gasteiger partial charge in [0.1, 0.15) is 18.2 Å². The number of amides is 2. The molecule has 0 atom stereocenters. The molecular formula is C23H20FN4O8P-2. The van der Waals surface area contributed by atoms with Gasteiger partial charge in [-0.25, -0.2) is 9.24 Å². The van der Waals surface area contributed by atoms with Crippen LogP contribution < -0.4 is 15.1 Å². The van der Waals surface area contributed by atoms with Crippen molar-refractivity contribution < 1.29 is 42.4 Å². The second kappa shape index (κ2) is 10.3. The van der Waals surface area contributed by atoms with Crippen molar-refractivity contribution in [2.75, 3.05) is 25.3 Å². The second-order valence-electron chi connectivity index (χ2n) is 8.16. The molecule has 37 heavy (non-hydrogen) atoms. The summed E-state index contributed by atoms with van der Waals surface area (Å²) in [5.41, 5.74) is -1.51. The maximum atomic E-state index is 13.6. The topological polar surface area (TPSA) is 157 Å². The zero-order valence-corrected chi connectivity index (χ0v) is 20.8. The van der Waals surface area contributed by atoms with Gasteiger partial charge in [0.2, 0.25) is 5.69 Å². The molecule has 1 aromatic carbocycles. The Labute approximate surface area is 211 Å². The van der Waals surface area contributed by atoms with Crippen molar-refractivity contribution in [1.82, 2.24) is 9.47 Å². The molecule has 1 N–H and O–H groups in total. The summed E-state index contributed by atoms with van der Waals surface area (Å²) in [5, 5.41) is 2.52. The predicted molar refractivity (Wildman–Crippen MR) is 123 cm³/mol. The molecule has 0 radical (unpaired) electrons. The highest BCUT2D eigenvalue weighted by molar-refractivity contribution is 7.43. The Bertz CT molecular complexity index is 1430. The molecule has 3 rings (SSSR count). The first kappa shape index (κ1) is 27.7. The molecule has 0 spiro atoms. The minimum atomic E-state index is -5.52. The molecular weight excluding hydrogens is 510 g/mol. The van der Waals surface area contributed by atoms with Gasteiger partial charge in [-0.3, -0.25) is 19.3 Å². The Kier molecular flexibility index (Phi) is 7.70. The highest BCUT2D eigenvalue weighted by Gasteiger charge is 2.47. The van der Waals surface area contributed by atoms with Crippen LogP contribution in [-0.2, 0) is 25.7 Å². The fraction of sp³-hybridized carbons (Fsp3) is 0.304. The largest absolute Gasteiger partial charge is 0.790 e. The summed E-state index contributed by atoms with van der Waals surface area (Å²) in [6.45, 7) is 8.36. The summed E-state index contributed by atoms with van der Waals surface area (Å²) >= 11 is 0. The van der Waals surface area contributed by atoms with Gasteiger partial charge in [0.05, 0.1) is 33.2 Å². The number of aromatic nitrogens is 1. The number of Topliss-reactive ketones (excluding diaryl/α,β-unsaturated/α-hetero) is 1. The van der Waals surface area contributed by atoms with Crippen LogP contribution in [0.1, 0.15) is 32.1 Å². The molecule has 2 heterocycles. The van der Waals surface area contributed by atoms with E-state index in [1.807, 2.05) is 0 Å². The van der Waals surface area contributed by atoms with Crippen LogP contribution >= 0.6 is 7.82 Å². The first-order chi connectivity index (χ1) is 17.3. The van der Waals surface area contributed by atoms with Crippen LogP contribution in [0.25, 0.3) is 4.85 Å². The summed E-state index contributed by atoms with van der Waals surface area (Å²) in [7, 11) is -4.05. The number of nitrogens with zero attached hydrogens (tertiary/aromatic N) is 3. The van der Waals surface area contributed by atoms with Gasteiger partial charge in [-0.15, -0.1) is 6.42 Å². The van der Waals surface area contributed by atoms with Crippen LogP contribution in [0, 0.1) is 38.6 Å². The lowest BCUT2D eigenvalue weighted by molar-refractivity contribution is -0.344. The number of ketones is 1. The molecule has 0 saturated carbocycles. The minimum Gasteiger partial charge on any atom is -0.790 e. The van der Waals surface area contributed by atoms with Gasteiger partial charge in [-0.2, -0.15) is 0 Å². The SMILES string of the molecule is [C-]#[N+]c1cc(NC(=O)c2c(C)c(C(=O)C(=O)N(COP(=O)([O-])[O-])C3(C#C)COC3)c(C)n2C)ccc1F. The lowest BCUT2D eigenvalue weighted by Gasteiger charge is -2.46. The number of halogens is 1. The normalized spacial score (nSPS) is 14.2. The van der Waals surface area contributed by atoms with Gasteiger partial charge < -0.3 is 33.5 Å². The van der Waals surface area contributed by atoms with E-state index in [-0.39, 0.29) is 47.1 Å². The molecule has 0 unspecified atom stereocenters. The van der Waals surface area contributed by atoms with Crippen molar-refractivity contribution in [1.29, 1.82) is 0 Å². The lowest BCUT2D eigenvalue weighted by Crippen LogP contribution is -2.64. The van der Waals surface area contributed by atoms with Gasteiger partial charge in [0.25, 0.3) is 17.6 Å². The first-order valence-corrected chi connectivity index (χ1v) is 11.9. The third-order valence-electron chi connectivity index (χ3n) is 5.95. The number of benzene rings is 1. The number of nitrogens with one attached hydrogen (secondary N) is 1. The van der Waals surface area contributed by atoms with Crippen molar-refractivity contribution in [3.63, 3.8) is 0 Å². The van der Waals surface area contributed by atoms with Crippen LogP contribution in [0.4, 0.5) is 15.8 Å². The Morgan fingerprint density at radius 2 is 2.03 bits per heavy atom. The van der Waals surface area contributed by atoms with E-state index in [1.54, 1.807) is 0 Å². The average Bonchev–Trinajstić information content (AvgIpc) is 3.03. The second-order valence-corrected chi connectivity index (χ2v) is 9.31. The maximum Gasteiger partial charge on any atom is 0.298 e. The molecule has 12 nitrogen and oxygen atoms in total. The van der Waals surface area contributed by atoms with E-state index >= 15 is 0 Å². The maximum absolute atomic E-state index is 13.6. The number of anilines is 1. The lowest BCUT2D eigenvalue weighted by atomic mass is 9.95. The average molecular weight is 530 g/mol. The molecule has 1 aromatic heterocycles. The Morgan fingerprint density at radius 1 is 1.38 bits per heavy atom. The first-order valence-electron chi connectivity index (χ1n) is 10.5. The van der Waals surface area contributed by atoms with E-state index in [0.29, 0.717) is 4.90 Å². The molecule has 2 amide bonds. The zero-order chi connectivity index (χ0) is 27.7. The van der Waals surface area contributed by atoms with Crippen molar-refractivity contribution in [3.8, 4) is 12.3 Å². The Balaban J connectivity index is 1.96. The van der Waals surface area contributed by atoms with E-state index < -0.39 is 43.5 Å². The van der Waals surface area contributed by atoms with Crippen molar-refractivity contribution in [2.24, 2.45) is 7.05 Å². The molecule has 1 saturated heterocycles. The third kappa shape index (κ3) is 5.32. The highest BCUT2D eigenvalue weighted by Crippen LogP contribution is 2.32. The van der Waals surface area contributed by atoms with Crippen LogP contribution in [0.15, 0.2) is 18.2 Å². The quantitative estimate of drug-likeness (QED) is 0.131. The molecule has 14 heteroatoms. The standard InChI is InChI=1S/C23H22FN4O8P/c1-6-23(10-35-11-23)28(12-36-37(32,33)34)22(31)20(29)18-13(2)19(27(5)14(18)3)21(30)26-15-7-8-16(24)17(9-15)25-4/h1,7-9H,10-12H2,2-3,5H3,(H,26,30)(H2,32,33,34)/p-2. The van der Waals surface area contributed by atoms with Crippen molar-refractivity contribution >= 4 is 36.8 Å². The minimum absolute atomic E-state index is 0.00704. The molecule has 0 aliphatic carbocycles. The van der Waals surface area contributed by atoms with Crippen molar-refractivity contribution in [2.45, 2.75) is 19.4 Å². The number of ether oxygens (including phenoxy) is 1. The number of terminal acetylenes is 1. The number of carbonyl (C=O) groups is 3. The van der Waals surface area contributed by atoms with Gasteiger partial charge in [0.15, 0.2) is 5.54 Å². The number of rotatable bonds is 8. The molecule has 1 aliphatic rings. The van der Waals surface area contributed by atoms with Gasteiger partial charge in [-0.05, 0) is 37.6 Å². The summed E-state index contributed by atoms with van der Waals surface area (Å²) in [4.78, 5) is 65.3. The number of hydrogen-bond acceptors (Lipinski definition) is 8. The van der Waals surface area contributed by atoms with Gasteiger partial charge in [0, 0.05) is 18.4 Å². The molecule has 1 aliphatic heterocycles. The summed E-state index contributed by atoms with van der Waals surface area (Å²) < 4.78 is 35.3. The fourth-order valence-corrected chi connectivity index (χ4v) is 4.10. The van der Waals surface area contributed by atoms with Crippen LogP contribution in [0.3, 0.4) is 0 Å². The summed E-state index contributed by atoms with van der Waals surface area (Å²) in [6.07, 6.45) is 5.50. The van der Waals surface area contributed by atoms with E-state index in [4.69, 9.17) is 17.7 Å². The van der Waals surface area contributed by atoms with Crippen LogP contribution in [-0.4, -0.2) is 52.5 Å². The van der Waals surface area contributed by atoms with Crippen LogP contribution in [0.2, 0.25) is 0 Å². The van der Waals surface area contributed by atoms with Crippen LogP contribution in [0.5, 0.6) is 0 Å². The van der Waals surface area contributed by atoms with Gasteiger partial charge in [-0.1, -0.05) is 5.92 Å². The molecule has 0 bridgehead atoms. The fourth-order valence-electron chi connectivity index (χ4n) is 3.85. The Morgan fingerprint density at radius 3 is 2.54 bits per heavy atom. The smallest absolute Gasteiger partial charge is 0.298 e. The number of phosphoric ester groups is 1. The zero-order valence-electron chi connectivity index (χ0n) is 19.9. The third-order valence-corrected chi connectivity index (χ3v) is 6.38. The highest BCUT2D eigenvalue weighted by atomic mass is 31.2. The summed E-state index contributed by atoms with van der Waals surface area (Å²) in [6, 6.07) is 3.42. The number of carbonyl (C=O) groups excluding carboxylic acids is 3. The molecule has 194 valence electrons. The molecule has 2 aromatic rings. The van der Waals surface area contributed by atoms with E-state index in [2.05, 4.69) is 20.6 Å². The monoisotopic (exact) mass is 530 g/mol. The van der Waals surface area contributed by atoms with E-state index in [1.165, 1.54) is 31.5 Å². The van der Waals surface area contributed by atoms with Gasteiger partial charge >= 0.3 is 0 Å². The molecule has 1 fully saturated rings. The number of phosphoric acid groups is 1. The predicted octanol–water partition coefficient (Wildman–Crippen LogP) is 0.800.